The van der Waals surface area contributed by atoms with Crippen molar-refractivity contribution in [3.05, 3.63) is 35.5 Å². The van der Waals surface area contributed by atoms with Crippen molar-refractivity contribution < 1.29 is 9.90 Å². The second kappa shape index (κ2) is 6.74. The molecule has 0 bridgehead atoms. The molecule has 2 nitrogen and oxygen atoms in total. The van der Waals surface area contributed by atoms with Gasteiger partial charge in [-0.05, 0) is 50.5 Å². The lowest BCUT2D eigenvalue weighted by Gasteiger charge is -2.25. The normalized spacial score (nSPS) is 24.7. The Labute approximate surface area is 116 Å². The van der Waals surface area contributed by atoms with Gasteiger partial charge in [-0.15, -0.1) is 0 Å². The Morgan fingerprint density at radius 2 is 2.26 bits per heavy atom. The Bertz CT molecular complexity index is 415. The van der Waals surface area contributed by atoms with E-state index in [1.165, 1.54) is 16.7 Å². The summed E-state index contributed by atoms with van der Waals surface area (Å²) in [6, 6.07) is 0. The largest absolute Gasteiger partial charge is 0.481 e. The highest BCUT2D eigenvalue weighted by atomic mass is 16.4. The topological polar surface area (TPSA) is 37.3 Å². The Kier molecular flexibility index (Phi) is 5.59. The van der Waals surface area contributed by atoms with Crippen LogP contribution in [0.15, 0.2) is 35.5 Å². The molecule has 1 unspecified atom stereocenters. The second-order valence-electron chi connectivity index (χ2n) is 5.77. The molecule has 0 aromatic carbocycles. The third-order valence-electron chi connectivity index (χ3n) is 4.23. The molecule has 0 spiro atoms. The monoisotopic (exact) mass is 262 g/mol. The maximum atomic E-state index is 11.2. The molecule has 0 aliphatic heterocycles. The fraction of sp³-hybridized carbons (Fsp3) is 0.588. The zero-order valence-electron chi connectivity index (χ0n) is 12.6. The van der Waals surface area contributed by atoms with Crippen molar-refractivity contribution in [1.82, 2.24) is 0 Å². The molecule has 2 heteroatoms. The first kappa shape index (κ1) is 15.7. The molecular formula is C17H26O2. The summed E-state index contributed by atoms with van der Waals surface area (Å²) in [5.74, 6) is -0.400. The number of hydrogen-bond acceptors (Lipinski definition) is 1. The summed E-state index contributed by atoms with van der Waals surface area (Å²) in [6.07, 6.45) is 7.14. The number of rotatable bonds is 5. The molecule has 0 fully saturated rings. The van der Waals surface area contributed by atoms with Crippen LogP contribution in [0, 0.1) is 17.8 Å². The van der Waals surface area contributed by atoms with Crippen molar-refractivity contribution in [3.63, 3.8) is 0 Å². The van der Waals surface area contributed by atoms with Gasteiger partial charge in [-0.1, -0.05) is 43.7 Å². The maximum Gasteiger partial charge on any atom is 0.307 e. The number of aliphatic carboxylic acids is 1. The molecule has 0 saturated carbocycles. The van der Waals surface area contributed by atoms with Gasteiger partial charge in [0, 0.05) is 0 Å². The van der Waals surface area contributed by atoms with E-state index in [0.717, 1.165) is 12.8 Å². The first-order chi connectivity index (χ1) is 8.86. The molecule has 1 rings (SSSR count). The average Bonchev–Trinajstić information content (AvgIpc) is 2.31. The standard InChI is InChI=1S/C17H26O2/c1-6-16(17(18)19)13(5)9-15-10-14(11(2)3)8-7-12(15)4/h7,9,13-14,16H,2,6,8,10H2,1,3-5H3,(H,18,19)/b15-9-/t13-,14?,16+/m1/s1. The van der Waals surface area contributed by atoms with E-state index in [-0.39, 0.29) is 11.8 Å². The fourth-order valence-electron chi connectivity index (χ4n) is 2.74. The van der Waals surface area contributed by atoms with Crippen LogP contribution < -0.4 is 0 Å². The van der Waals surface area contributed by atoms with E-state index in [1.807, 2.05) is 13.8 Å². The van der Waals surface area contributed by atoms with Crippen LogP contribution in [0.1, 0.15) is 47.0 Å². The highest BCUT2D eigenvalue weighted by molar-refractivity contribution is 5.70. The van der Waals surface area contributed by atoms with E-state index in [0.29, 0.717) is 12.3 Å². The smallest absolute Gasteiger partial charge is 0.307 e. The summed E-state index contributed by atoms with van der Waals surface area (Å²) in [4.78, 5) is 11.2. The number of carboxylic acid groups (broad SMARTS) is 1. The average molecular weight is 262 g/mol. The summed E-state index contributed by atoms with van der Waals surface area (Å²) in [5.41, 5.74) is 3.81. The van der Waals surface area contributed by atoms with E-state index >= 15 is 0 Å². The number of hydrogen-bond donors (Lipinski definition) is 1. The molecule has 0 radical (unpaired) electrons. The van der Waals surface area contributed by atoms with Crippen molar-refractivity contribution >= 4 is 5.97 Å². The van der Waals surface area contributed by atoms with Crippen LogP contribution in [-0.2, 0) is 4.79 Å². The number of allylic oxidation sites excluding steroid dienone is 5. The predicted octanol–water partition coefficient (Wildman–Crippen LogP) is 4.59. The highest BCUT2D eigenvalue weighted by Crippen LogP contribution is 2.34. The number of carbonyl (C=O) groups is 1. The molecule has 0 heterocycles. The third-order valence-corrected chi connectivity index (χ3v) is 4.23. The predicted molar refractivity (Wildman–Crippen MR) is 80.0 cm³/mol. The molecule has 0 aromatic heterocycles. The Morgan fingerprint density at radius 3 is 2.74 bits per heavy atom. The van der Waals surface area contributed by atoms with Crippen LogP contribution in [0.25, 0.3) is 0 Å². The summed E-state index contributed by atoms with van der Waals surface area (Å²) in [7, 11) is 0. The summed E-state index contributed by atoms with van der Waals surface area (Å²) >= 11 is 0. The zero-order chi connectivity index (χ0) is 14.6. The van der Waals surface area contributed by atoms with E-state index in [4.69, 9.17) is 0 Å². The van der Waals surface area contributed by atoms with Crippen molar-refractivity contribution in [1.29, 1.82) is 0 Å². The van der Waals surface area contributed by atoms with Crippen LogP contribution >= 0.6 is 0 Å². The fourth-order valence-corrected chi connectivity index (χ4v) is 2.74. The SMILES string of the molecule is C=C(C)C1CC=C(C)/C(=C\[C@@H](C)[C@H](CC)C(=O)O)C1. The highest BCUT2D eigenvalue weighted by Gasteiger charge is 2.23. The lowest BCUT2D eigenvalue weighted by molar-refractivity contribution is -0.142. The lowest BCUT2D eigenvalue weighted by atomic mass is 9.80. The van der Waals surface area contributed by atoms with Gasteiger partial charge >= 0.3 is 5.97 Å². The van der Waals surface area contributed by atoms with Gasteiger partial charge in [0.25, 0.3) is 0 Å². The van der Waals surface area contributed by atoms with Crippen molar-refractivity contribution in [2.45, 2.75) is 47.0 Å². The minimum atomic E-state index is -0.694. The van der Waals surface area contributed by atoms with E-state index < -0.39 is 5.97 Å². The minimum Gasteiger partial charge on any atom is -0.481 e. The second-order valence-corrected chi connectivity index (χ2v) is 5.77. The van der Waals surface area contributed by atoms with Gasteiger partial charge in [0.15, 0.2) is 0 Å². The molecule has 0 aromatic rings. The molecule has 0 amide bonds. The van der Waals surface area contributed by atoms with E-state index in [9.17, 15) is 9.90 Å². The van der Waals surface area contributed by atoms with E-state index in [2.05, 4.69) is 32.6 Å². The molecular weight excluding hydrogens is 236 g/mol. The summed E-state index contributed by atoms with van der Waals surface area (Å²) < 4.78 is 0. The van der Waals surface area contributed by atoms with Gasteiger partial charge < -0.3 is 5.11 Å². The first-order valence-electron chi connectivity index (χ1n) is 7.12. The van der Waals surface area contributed by atoms with Crippen molar-refractivity contribution in [2.75, 3.05) is 0 Å². The minimum absolute atomic E-state index is 0.0738. The van der Waals surface area contributed by atoms with E-state index in [1.54, 1.807) is 0 Å². The Morgan fingerprint density at radius 1 is 1.63 bits per heavy atom. The van der Waals surface area contributed by atoms with Crippen LogP contribution in [0.2, 0.25) is 0 Å². The molecule has 1 aliphatic carbocycles. The Balaban J connectivity index is 2.90. The van der Waals surface area contributed by atoms with Crippen LogP contribution in [0.3, 0.4) is 0 Å². The molecule has 19 heavy (non-hydrogen) atoms. The number of carboxylic acids is 1. The van der Waals surface area contributed by atoms with Crippen molar-refractivity contribution in [3.8, 4) is 0 Å². The Hall–Kier alpha value is -1.31. The van der Waals surface area contributed by atoms with Crippen molar-refractivity contribution in [2.24, 2.45) is 17.8 Å². The van der Waals surface area contributed by atoms with Gasteiger partial charge in [0.05, 0.1) is 5.92 Å². The van der Waals surface area contributed by atoms with Gasteiger partial charge in [0.1, 0.15) is 0 Å². The van der Waals surface area contributed by atoms with Gasteiger partial charge in [-0.2, -0.15) is 0 Å². The lowest BCUT2D eigenvalue weighted by Crippen LogP contribution is -2.20. The zero-order valence-corrected chi connectivity index (χ0v) is 12.6. The summed E-state index contributed by atoms with van der Waals surface area (Å²) in [5, 5.41) is 9.22. The van der Waals surface area contributed by atoms with Crippen LogP contribution in [0.4, 0.5) is 0 Å². The van der Waals surface area contributed by atoms with Gasteiger partial charge in [-0.3, -0.25) is 4.79 Å². The summed E-state index contributed by atoms with van der Waals surface area (Å²) in [6.45, 7) is 12.2. The first-order valence-corrected chi connectivity index (χ1v) is 7.12. The van der Waals surface area contributed by atoms with Crippen LogP contribution in [-0.4, -0.2) is 11.1 Å². The third kappa shape index (κ3) is 4.09. The van der Waals surface area contributed by atoms with Gasteiger partial charge in [0.2, 0.25) is 0 Å². The maximum absolute atomic E-state index is 11.2. The molecule has 106 valence electrons. The molecule has 1 N–H and O–H groups in total. The van der Waals surface area contributed by atoms with Crippen LogP contribution in [0.5, 0.6) is 0 Å². The van der Waals surface area contributed by atoms with Gasteiger partial charge in [-0.25, -0.2) is 0 Å². The molecule has 0 saturated heterocycles. The molecule has 3 atom stereocenters. The molecule has 1 aliphatic rings. The quantitative estimate of drug-likeness (QED) is 0.736.